The van der Waals surface area contributed by atoms with Crippen molar-refractivity contribution in [2.75, 3.05) is 5.32 Å². The highest BCUT2D eigenvalue weighted by Crippen LogP contribution is 2.28. The molecule has 0 aliphatic heterocycles. The molecule has 0 aliphatic carbocycles. The third kappa shape index (κ3) is 3.69. The lowest BCUT2D eigenvalue weighted by Crippen LogP contribution is -2.18. The van der Waals surface area contributed by atoms with Crippen molar-refractivity contribution in [1.82, 2.24) is 9.78 Å². The fourth-order valence-corrected chi connectivity index (χ4v) is 2.51. The first-order valence-electron chi connectivity index (χ1n) is 5.93. The zero-order chi connectivity index (χ0) is 15.6. The minimum Gasteiger partial charge on any atom is -0.433 e. The lowest BCUT2D eigenvalue weighted by molar-refractivity contribution is -0.0493. The number of hydrogen-bond donors (Lipinski definition) is 1. The number of anilines is 1. The van der Waals surface area contributed by atoms with Crippen LogP contribution in [0.2, 0.25) is 0 Å². The third-order valence-electron chi connectivity index (χ3n) is 2.71. The molecule has 1 aromatic heterocycles. The van der Waals surface area contributed by atoms with Gasteiger partial charge >= 0.3 is 6.61 Å². The molecule has 1 aromatic carbocycles. The molecular formula is C13H12F2IN3O2. The summed E-state index contributed by atoms with van der Waals surface area (Å²) < 4.78 is 31.3. The molecule has 0 fully saturated rings. The molecule has 1 heterocycles. The summed E-state index contributed by atoms with van der Waals surface area (Å²) in [5.74, 6) is -0.523. The summed E-state index contributed by atoms with van der Waals surface area (Å²) in [5, 5.41) is 6.54. The molecule has 2 aromatic rings. The van der Waals surface area contributed by atoms with Crippen molar-refractivity contribution < 1.29 is 18.3 Å². The number of carbonyl (C=O) groups is 1. The molecule has 0 saturated heterocycles. The van der Waals surface area contributed by atoms with Gasteiger partial charge in [0.1, 0.15) is 11.4 Å². The Morgan fingerprint density at radius 1 is 1.48 bits per heavy atom. The summed E-state index contributed by atoms with van der Waals surface area (Å²) in [4.78, 5) is 12.2. The van der Waals surface area contributed by atoms with Gasteiger partial charge in [-0.1, -0.05) is 6.07 Å². The van der Waals surface area contributed by atoms with E-state index >= 15 is 0 Å². The number of aromatic nitrogens is 2. The number of nitrogens with one attached hydrogen (secondary N) is 1. The van der Waals surface area contributed by atoms with Crippen molar-refractivity contribution in [3.63, 3.8) is 0 Å². The van der Waals surface area contributed by atoms with E-state index in [-0.39, 0.29) is 11.4 Å². The maximum atomic E-state index is 12.4. The van der Waals surface area contributed by atoms with Gasteiger partial charge in [0.15, 0.2) is 0 Å². The number of alkyl halides is 2. The van der Waals surface area contributed by atoms with Crippen LogP contribution in [0.1, 0.15) is 16.1 Å². The van der Waals surface area contributed by atoms with Crippen LogP contribution in [0.5, 0.6) is 5.75 Å². The number of rotatable bonds is 4. The minimum absolute atomic E-state index is 0.0823. The first kappa shape index (κ1) is 15.7. The van der Waals surface area contributed by atoms with E-state index < -0.39 is 12.5 Å². The standard InChI is InChI=1S/C13H12F2IN3O2/c1-7-3-4-10(21-13(14)15)9(5-7)18-12(20)11-8(16)6-17-19(11)2/h3-6,13H,1-2H3,(H,18,20). The van der Waals surface area contributed by atoms with Gasteiger partial charge in [-0.15, -0.1) is 0 Å². The van der Waals surface area contributed by atoms with Gasteiger partial charge in [-0.3, -0.25) is 9.48 Å². The van der Waals surface area contributed by atoms with E-state index in [9.17, 15) is 13.6 Å². The molecule has 5 nitrogen and oxygen atoms in total. The van der Waals surface area contributed by atoms with Gasteiger partial charge < -0.3 is 10.1 Å². The van der Waals surface area contributed by atoms with Crippen LogP contribution in [-0.2, 0) is 7.05 Å². The van der Waals surface area contributed by atoms with Gasteiger partial charge in [0, 0.05) is 7.05 Å². The van der Waals surface area contributed by atoms with Crippen LogP contribution in [0.25, 0.3) is 0 Å². The topological polar surface area (TPSA) is 56.1 Å². The fourth-order valence-electron chi connectivity index (χ4n) is 1.79. The summed E-state index contributed by atoms with van der Waals surface area (Å²) in [6.45, 7) is -1.17. The second-order valence-electron chi connectivity index (χ2n) is 4.30. The van der Waals surface area contributed by atoms with E-state index in [1.165, 1.54) is 10.7 Å². The SMILES string of the molecule is Cc1ccc(OC(F)F)c(NC(=O)c2c(I)cnn2C)c1. The second-order valence-corrected chi connectivity index (χ2v) is 5.46. The van der Waals surface area contributed by atoms with Crippen molar-refractivity contribution in [3.8, 4) is 5.75 Å². The number of aryl methyl sites for hydroxylation is 2. The number of carbonyl (C=O) groups excluding carboxylic acids is 1. The first-order chi connectivity index (χ1) is 9.88. The number of amides is 1. The molecule has 1 amide bonds. The molecule has 0 spiro atoms. The quantitative estimate of drug-likeness (QED) is 0.793. The van der Waals surface area contributed by atoms with Crippen molar-refractivity contribution in [2.24, 2.45) is 7.05 Å². The molecule has 112 valence electrons. The van der Waals surface area contributed by atoms with E-state index in [2.05, 4.69) is 15.2 Å². The van der Waals surface area contributed by atoms with Crippen LogP contribution in [-0.4, -0.2) is 22.3 Å². The minimum atomic E-state index is -2.96. The Morgan fingerprint density at radius 3 is 2.76 bits per heavy atom. The summed E-state index contributed by atoms with van der Waals surface area (Å²) >= 11 is 1.98. The van der Waals surface area contributed by atoms with Gasteiger partial charge in [-0.05, 0) is 47.2 Å². The van der Waals surface area contributed by atoms with Crippen LogP contribution in [0.3, 0.4) is 0 Å². The van der Waals surface area contributed by atoms with Crippen LogP contribution in [0.4, 0.5) is 14.5 Å². The Morgan fingerprint density at radius 2 is 2.19 bits per heavy atom. The molecule has 2 rings (SSSR count). The van der Waals surface area contributed by atoms with Crippen LogP contribution >= 0.6 is 22.6 Å². The van der Waals surface area contributed by atoms with E-state index in [0.29, 0.717) is 9.26 Å². The Kier molecular flexibility index (Phi) is 4.76. The molecule has 0 aliphatic rings. The average molecular weight is 407 g/mol. The van der Waals surface area contributed by atoms with Gasteiger partial charge in [0.2, 0.25) is 0 Å². The molecular weight excluding hydrogens is 395 g/mol. The van der Waals surface area contributed by atoms with Crippen molar-refractivity contribution >= 4 is 34.2 Å². The molecule has 1 N–H and O–H groups in total. The smallest absolute Gasteiger partial charge is 0.387 e. The van der Waals surface area contributed by atoms with Gasteiger partial charge in [0.25, 0.3) is 5.91 Å². The third-order valence-corrected chi connectivity index (χ3v) is 3.50. The maximum absolute atomic E-state index is 12.4. The summed E-state index contributed by atoms with van der Waals surface area (Å²) in [6.07, 6.45) is 1.54. The van der Waals surface area contributed by atoms with Crippen LogP contribution in [0, 0.1) is 10.5 Å². The predicted molar refractivity (Wildman–Crippen MR) is 81.7 cm³/mol. The molecule has 0 unspecified atom stereocenters. The number of hydrogen-bond acceptors (Lipinski definition) is 3. The Hall–Kier alpha value is -1.71. The largest absolute Gasteiger partial charge is 0.433 e. The predicted octanol–water partition coefficient (Wildman–Crippen LogP) is 3.19. The van der Waals surface area contributed by atoms with Crippen LogP contribution < -0.4 is 10.1 Å². The number of halogens is 3. The molecule has 8 heteroatoms. The number of nitrogens with zero attached hydrogens (tertiary/aromatic N) is 2. The molecule has 21 heavy (non-hydrogen) atoms. The maximum Gasteiger partial charge on any atom is 0.387 e. The lowest BCUT2D eigenvalue weighted by Gasteiger charge is -2.13. The Labute approximate surface area is 133 Å². The molecule has 0 bridgehead atoms. The van der Waals surface area contributed by atoms with E-state index in [1.54, 1.807) is 32.3 Å². The van der Waals surface area contributed by atoms with E-state index in [4.69, 9.17) is 0 Å². The average Bonchev–Trinajstić information content (AvgIpc) is 2.72. The van der Waals surface area contributed by atoms with E-state index in [0.717, 1.165) is 5.56 Å². The van der Waals surface area contributed by atoms with E-state index in [1.807, 2.05) is 22.6 Å². The lowest BCUT2D eigenvalue weighted by atomic mass is 10.2. The Balaban J connectivity index is 2.30. The summed E-state index contributed by atoms with van der Waals surface area (Å²) in [5.41, 5.74) is 1.35. The van der Waals surface area contributed by atoms with Crippen molar-refractivity contribution in [2.45, 2.75) is 13.5 Å². The number of benzene rings is 1. The monoisotopic (exact) mass is 407 g/mol. The van der Waals surface area contributed by atoms with Crippen molar-refractivity contribution in [1.29, 1.82) is 0 Å². The molecule has 0 atom stereocenters. The normalized spacial score (nSPS) is 10.8. The highest BCUT2D eigenvalue weighted by Gasteiger charge is 2.18. The van der Waals surface area contributed by atoms with Gasteiger partial charge in [-0.25, -0.2) is 0 Å². The highest BCUT2D eigenvalue weighted by molar-refractivity contribution is 14.1. The zero-order valence-electron chi connectivity index (χ0n) is 11.2. The zero-order valence-corrected chi connectivity index (χ0v) is 13.4. The van der Waals surface area contributed by atoms with Gasteiger partial charge in [-0.2, -0.15) is 13.9 Å². The second kappa shape index (κ2) is 6.37. The highest BCUT2D eigenvalue weighted by atomic mass is 127. The van der Waals surface area contributed by atoms with Gasteiger partial charge in [0.05, 0.1) is 15.5 Å². The Bertz CT molecular complexity index is 654. The first-order valence-corrected chi connectivity index (χ1v) is 7.00. The fraction of sp³-hybridized carbons (Fsp3) is 0.231. The summed E-state index contributed by atoms with van der Waals surface area (Å²) in [6, 6.07) is 4.59. The van der Waals surface area contributed by atoms with Crippen LogP contribution in [0.15, 0.2) is 24.4 Å². The van der Waals surface area contributed by atoms with Crippen molar-refractivity contribution in [3.05, 3.63) is 39.2 Å². The number of ether oxygens (including phenoxy) is 1. The molecule has 0 saturated carbocycles. The molecule has 0 radical (unpaired) electrons. The summed E-state index contributed by atoms with van der Waals surface area (Å²) in [7, 11) is 1.63.